The zero-order valence-electron chi connectivity index (χ0n) is 17.7. The van der Waals surface area contributed by atoms with Crippen molar-refractivity contribution in [3.05, 3.63) is 78.3 Å². The second-order valence-corrected chi connectivity index (χ2v) is 11.2. The lowest BCUT2D eigenvalue weighted by Crippen LogP contribution is -2.23. The first-order valence-electron chi connectivity index (χ1n) is 10.6. The van der Waals surface area contributed by atoms with Crippen molar-refractivity contribution >= 4 is 79.7 Å². The Morgan fingerprint density at radius 3 is 2.59 bits per heavy atom. The molecule has 174 valence electrons. The van der Waals surface area contributed by atoms with Gasteiger partial charge in [-0.05, 0) is 73.7 Å². The Morgan fingerprint density at radius 2 is 1.79 bits per heavy atom. The largest absolute Gasteiger partial charge is 0.324 e. The highest BCUT2D eigenvalue weighted by Gasteiger charge is 2.23. The lowest BCUT2D eigenvalue weighted by atomic mass is 9.97. The molecule has 2 aromatic heterocycles. The normalized spacial score (nSPS) is 13.1. The first-order valence-corrected chi connectivity index (χ1v) is 13.6. The van der Waals surface area contributed by atoms with Gasteiger partial charge in [-0.25, -0.2) is 4.98 Å². The molecule has 0 saturated carbocycles. The Hall–Kier alpha value is -2.03. The molecule has 10 heteroatoms. The summed E-state index contributed by atoms with van der Waals surface area (Å²) in [5.41, 5.74) is 2.09. The Morgan fingerprint density at radius 1 is 1.06 bits per heavy atom. The number of nitrogens with one attached hydrogen (secondary N) is 1. The lowest BCUT2D eigenvalue weighted by molar-refractivity contribution is -0.113. The van der Waals surface area contributed by atoms with Gasteiger partial charge in [0.2, 0.25) is 5.91 Å². The van der Waals surface area contributed by atoms with E-state index >= 15 is 0 Å². The van der Waals surface area contributed by atoms with Crippen LogP contribution in [0.3, 0.4) is 0 Å². The number of carbonyl (C=O) groups excluding carboxylic acids is 1. The topological polar surface area (TPSA) is 64.0 Å². The minimum Gasteiger partial charge on any atom is -0.324 e. The number of anilines is 1. The van der Waals surface area contributed by atoms with Gasteiger partial charge in [0.25, 0.3) is 5.56 Å². The van der Waals surface area contributed by atoms with Crippen molar-refractivity contribution in [1.29, 1.82) is 0 Å². The van der Waals surface area contributed by atoms with Crippen molar-refractivity contribution in [2.24, 2.45) is 0 Å². The van der Waals surface area contributed by atoms with Crippen LogP contribution in [0, 0.1) is 0 Å². The van der Waals surface area contributed by atoms with Gasteiger partial charge >= 0.3 is 0 Å². The Kier molecular flexibility index (Phi) is 6.91. The molecule has 0 fully saturated rings. The smallest absolute Gasteiger partial charge is 0.267 e. The maximum atomic E-state index is 13.7. The van der Waals surface area contributed by atoms with Gasteiger partial charge in [0, 0.05) is 14.9 Å². The van der Waals surface area contributed by atoms with Crippen molar-refractivity contribution in [2.75, 3.05) is 11.1 Å². The molecule has 1 N–H and O–H groups in total. The van der Waals surface area contributed by atoms with Crippen LogP contribution in [-0.2, 0) is 17.6 Å². The predicted molar refractivity (Wildman–Crippen MR) is 143 cm³/mol. The number of halogens is 3. The number of aryl methyl sites for hydroxylation is 2. The molecule has 2 heterocycles. The van der Waals surface area contributed by atoms with Crippen LogP contribution in [0.25, 0.3) is 15.9 Å². The zero-order valence-corrected chi connectivity index (χ0v) is 21.6. The molecule has 5 nitrogen and oxygen atoms in total. The first kappa shape index (κ1) is 23.7. The summed E-state index contributed by atoms with van der Waals surface area (Å²) in [5, 5.41) is 5.35. The molecule has 0 aliphatic heterocycles. The van der Waals surface area contributed by atoms with Gasteiger partial charge < -0.3 is 5.32 Å². The number of fused-ring (bicyclic) bond motifs is 3. The average Bonchev–Trinajstić information content (AvgIpc) is 3.20. The summed E-state index contributed by atoms with van der Waals surface area (Å²) in [5.74, 6) is -0.240. The highest BCUT2D eigenvalue weighted by atomic mass is 35.5. The highest BCUT2D eigenvalue weighted by molar-refractivity contribution is 7.99. The molecule has 1 amide bonds. The van der Waals surface area contributed by atoms with E-state index < -0.39 is 0 Å². The minimum absolute atomic E-state index is 0.0411. The maximum Gasteiger partial charge on any atom is 0.267 e. The maximum absolute atomic E-state index is 13.7. The number of amides is 1. The van der Waals surface area contributed by atoms with Crippen LogP contribution in [0.2, 0.25) is 15.1 Å². The molecule has 1 aliphatic carbocycles. The molecule has 5 rings (SSSR count). The van der Waals surface area contributed by atoms with E-state index in [4.69, 9.17) is 39.8 Å². The Bertz CT molecular complexity index is 1470. The number of hydrogen-bond acceptors (Lipinski definition) is 5. The van der Waals surface area contributed by atoms with Crippen LogP contribution < -0.4 is 10.9 Å². The van der Waals surface area contributed by atoms with Crippen molar-refractivity contribution < 1.29 is 4.79 Å². The van der Waals surface area contributed by atoms with E-state index in [0.29, 0.717) is 37.0 Å². The van der Waals surface area contributed by atoms with Crippen LogP contribution in [-0.4, -0.2) is 21.2 Å². The molecule has 0 saturated heterocycles. The van der Waals surface area contributed by atoms with Crippen LogP contribution in [0.1, 0.15) is 23.3 Å². The van der Waals surface area contributed by atoms with E-state index in [1.54, 1.807) is 58.4 Å². The van der Waals surface area contributed by atoms with E-state index in [1.165, 1.54) is 16.6 Å². The number of nitrogens with zero attached hydrogens (tertiary/aromatic N) is 2. The second-order valence-electron chi connectivity index (χ2n) is 7.86. The van der Waals surface area contributed by atoms with Crippen LogP contribution in [0.15, 0.2) is 52.4 Å². The minimum atomic E-state index is -0.281. The monoisotopic (exact) mass is 549 g/mol. The van der Waals surface area contributed by atoms with Crippen LogP contribution in [0.4, 0.5) is 5.69 Å². The van der Waals surface area contributed by atoms with E-state index in [-0.39, 0.29) is 17.2 Å². The van der Waals surface area contributed by atoms with Gasteiger partial charge in [-0.2, -0.15) is 0 Å². The summed E-state index contributed by atoms with van der Waals surface area (Å²) in [4.78, 5) is 33.2. The third-order valence-corrected chi connectivity index (χ3v) is 8.52. The molecule has 0 unspecified atom stereocenters. The summed E-state index contributed by atoms with van der Waals surface area (Å²) in [6.45, 7) is 0. The molecule has 0 atom stereocenters. The Balaban J connectivity index is 1.52. The molecule has 0 bridgehead atoms. The molecule has 2 aromatic carbocycles. The standard InChI is InChI=1S/C24H18Cl3N3O2S2/c25-13-5-8-15(9-6-13)30-23(32)21-16-3-1-2-4-19(16)34-22(21)29-24(30)33-12-20(31)28-18-11-14(26)7-10-17(18)27/h5-11H,1-4,12H2,(H,28,31). The fourth-order valence-electron chi connectivity index (χ4n) is 4.01. The number of rotatable bonds is 5. The number of hydrogen-bond donors (Lipinski definition) is 1. The lowest BCUT2D eigenvalue weighted by Gasteiger charge is -2.14. The quantitative estimate of drug-likeness (QED) is 0.214. The van der Waals surface area contributed by atoms with Crippen LogP contribution in [0.5, 0.6) is 0 Å². The molecular weight excluding hydrogens is 533 g/mol. The fourth-order valence-corrected chi connectivity index (χ4v) is 6.59. The SMILES string of the molecule is O=C(CSc1nc2sc3c(c2c(=O)n1-c1ccc(Cl)cc1)CCCC3)Nc1cc(Cl)ccc1Cl. The number of thiophene rings is 1. The molecule has 0 radical (unpaired) electrons. The Labute approximate surface area is 219 Å². The van der Waals surface area contributed by atoms with Crippen molar-refractivity contribution in [2.45, 2.75) is 30.8 Å². The molecule has 0 spiro atoms. The molecular formula is C24H18Cl3N3O2S2. The van der Waals surface area contributed by atoms with Gasteiger partial charge in [-0.15, -0.1) is 11.3 Å². The third kappa shape index (κ3) is 4.72. The van der Waals surface area contributed by atoms with Crippen molar-refractivity contribution in [3.8, 4) is 5.69 Å². The average molecular weight is 551 g/mol. The van der Waals surface area contributed by atoms with Gasteiger partial charge in [-0.3, -0.25) is 14.2 Å². The van der Waals surface area contributed by atoms with Gasteiger partial charge in [0.05, 0.1) is 27.5 Å². The second kappa shape index (κ2) is 9.91. The number of thioether (sulfide) groups is 1. The van der Waals surface area contributed by atoms with E-state index in [2.05, 4.69) is 5.32 Å². The summed E-state index contributed by atoms with van der Waals surface area (Å²) in [6, 6.07) is 11.9. The van der Waals surface area contributed by atoms with E-state index in [9.17, 15) is 9.59 Å². The fraction of sp³-hybridized carbons (Fsp3) is 0.208. The summed E-state index contributed by atoms with van der Waals surface area (Å²) in [7, 11) is 0. The van der Waals surface area contributed by atoms with Crippen LogP contribution >= 0.6 is 57.9 Å². The summed E-state index contributed by atoms with van der Waals surface area (Å²) in [6.07, 6.45) is 4.06. The first-order chi connectivity index (χ1) is 16.4. The number of carbonyl (C=O) groups is 1. The van der Waals surface area contributed by atoms with Crippen molar-refractivity contribution in [1.82, 2.24) is 9.55 Å². The molecule has 4 aromatic rings. The molecule has 34 heavy (non-hydrogen) atoms. The predicted octanol–water partition coefficient (Wildman–Crippen LogP) is 7.02. The van der Waals surface area contributed by atoms with E-state index in [0.717, 1.165) is 36.1 Å². The van der Waals surface area contributed by atoms with E-state index in [1.807, 2.05) is 0 Å². The summed E-state index contributed by atoms with van der Waals surface area (Å²) < 4.78 is 1.57. The van der Waals surface area contributed by atoms with Gasteiger partial charge in [0.1, 0.15) is 4.83 Å². The zero-order chi connectivity index (χ0) is 23.8. The third-order valence-electron chi connectivity index (χ3n) is 5.58. The summed E-state index contributed by atoms with van der Waals surface area (Å²) >= 11 is 21.0. The van der Waals surface area contributed by atoms with Gasteiger partial charge in [0.15, 0.2) is 5.16 Å². The van der Waals surface area contributed by atoms with Crippen molar-refractivity contribution in [3.63, 3.8) is 0 Å². The van der Waals surface area contributed by atoms with Gasteiger partial charge in [-0.1, -0.05) is 46.6 Å². The number of benzene rings is 2. The molecule has 1 aliphatic rings. The highest BCUT2D eigenvalue weighted by Crippen LogP contribution is 2.35. The number of aromatic nitrogens is 2.